The number of phenolic OH excluding ortho intramolecular Hbond substituents is 1. The van der Waals surface area contributed by atoms with Crippen LogP contribution in [0.2, 0.25) is 0 Å². The fourth-order valence-electron chi connectivity index (χ4n) is 3.66. The van der Waals surface area contributed by atoms with Crippen LogP contribution in [0, 0.1) is 3.57 Å². The third-order valence-corrected chi connectivity index (χ3v) is 7.14. The van der Waals surface area contributed by atoms with Crippen LogP contribution in [0.15, 0.2) is 53.5 Å². The molecule has 0 saturated heterocycles. The number of aliphatic imine (C=N–C) groups is 1. The molecular weight excluding hydrogens is 523 g/mol. The van der Waals surface area contributed by atoms with Crippen LogP contribution in [0.4, 0.5) is 5.00 Å². The molecule has 0 bridgehead atoms. The molecule has 0 amide bonds. The van der Waals surface area contributed by atoms with Crippen LogP contribution in [0.1, 0.15) is 38.8 Å². The number of aromatic hydroxyl groups is 1. The first-order chi connectivity index (χ1) is 15.0. The lowest BCUT2D eigenvalue weighted by Gasteiger charge is -2.27. The highest BCUT2D eigenvalue weighted by Crippen LogP contribution is 2.39. The Morgan fingerprint density at radius 2 is 2.10 bits per heavy atom. The van der Waals surface area contributed by atoms with Crippen LogP contribution >= 0.6 is 33.9 Å². The highest BCUT2D eigenvalue weighted by atomic mass is 127. The Bertz CT molecular complexity index is 1110. The van der Waals surface area contributed by atoms with Crippen molar-refractivity contribution in [2.75, 3.05) is 13.2 Å². The van der Waals surface area contributed by atoms with Crippen molar-refractivity contribution in [1.82, 2.24) is 4.90 Å². The quantitative estimate of drug-likeness (QED) is 0.251. The van der Waals surface area contributed by atoms with Gasteiger partial charge in [-0.1, -0.05) is 30.3 Å². The summed E-state index contributed by atoms with van der Waals surface area (Å²) < 4.78 is 6.11. The van der Waals surface area contributed by atoms with Gasteiger partial charge in [-0.2, -0.15) is 0 Å². The van der Waals surface area contributed by atoms with Crippen LogP contribution < -0.4 is 0 Å². The van der Waals surface area contributed by atoms with Crippen molar-refractivity contribution < 1.29 is 14.6 Å². The van der Waals surface area contributed by atoms with Gasteiger partial charge in [0.05, 0.1) is 15.7 Å². The van der Waals surface area contributed by atoms with Gasteiger partial charge in [0.1, 0.15) is 10.8 Å². The van der Waals surface area contributed by atoms with E-state index in [0.717, 1.165) is 40.8 Å². The number of carbonyl (C=O) groups is 1. The second kappa shape index (κ2) is 9.93. The van der Waals surface area contributed by atoms with Gasteiger partial charge in [0, 0.05) is 30.7 Å². The summed E-state index contributed by atoms with van der Waals surface area (Å²) in [6.45, 7) is 4.73. The summed E-state index contributed by atoms with van der Waals surface area (Å²) >= 11 is 3.65. The lowest BCUT2D eigenvalue weighted by Crippen LogP contribution is -2.29. The van der Waals surface area contributed by atoms with E-state index in [1.54, 1.807) is 29.7 Å². The van der Waals surface area contributed by atoms with Crippen molar-refractivity contribution in [3.63, 3.8) is 0 Å². The molecule has 4 rings (SSSR count). The van der Waals surface area contributed by atoms with Crippen molar-refractivity contribution in [2.45, 2.75) is 26.4 Å². The summed E-state index contributed by atoms with van der Waals surface area (Å²) in [7, 11) is 0. The zero-order valence-electron chi connectivity index (χ0n) is 17.2. The van der Waals surface area contributed by atoms with Crippen LogP contribution in [-0.2, 0) is 24.2 Å². The van der Waals surface area contributed by atoms with E-state index >= 15 is 0 Å². The molecule has 3 aromatic rings. The van der Waals surface area contributed by atoms with Crippen molar-refractivity contribution in [3.05, 3.63) is 79.2 Å². The molecule has 0 aliphatic carbocycles. The molecule has 0 radical (unpaired) electrons. The number of thiophene rings is 1. The highest BCUT2D eigenvalue weighted by molar-refractivity contribution is 14.1. The standard InChI is InChI=1S/C24H23IN2O3S/c1-2-30-24(29)22-18-10-11-27(14-16-6-4-3-5-7-16)15-21(18)31-23(22)26-13-17-8-9-20(28)19(25)12-17/h3-9,12-13,28H,2,10-11,14-15H2,1H3. The minimum Gasteiger partial charge on any atom is -0.507 e. The molecule has 0 saturated carbocycles. The molecule has 2 aromatic carbocycles. The molecule has 31 heavy (non-hydrogen) atoms. The Balaban J connectivity index is 1.62. The maximum Gasteiger partial charge on any atom is 0.341 e. The Kier molecular flexibility index (Phi) is 7.04. The first-order valence-corrected chi connectivity index (χ1v) is 12.0. The zero-order chi connectivity index (χ0) is 21.8. The normalized spacial score (nSPS) is 14.0. The molecule has 1 aliphatic heterocycles. The van der Waals surface area contributed by atoms with Crippen LogP contribution in [0.25, 0.3) is 0 Å². The van der Waals surface area contributed by atoms with Crippen molar-refractivity contribution in [3.8, 4) is 5.75 Å². The minimum absolute atomic E-state index is 0.245. The molecular formula is C24H23IN2O3S. The number of carbonyl (C=O) groups excluding carboxylic acids is 1. The second-order valence-electron chi connectivity index (χ2n) is 7.32. The van der Waals surface area contributed by atoms with E-state index < -0.39 is 0 Å². The van der Waals surface area contributed by atoms with Gasteiger partial charge in [0.15, 0.2) is 0 Å². The first-order valence-electron chi connectivity index (χ1n) is 10.2. The number of halogens is 1. The maximum atomic E-state index is 12.7. The summed E-state index contributed by atoms with van der Waals surface area (Å²) in [5.74, 6) is -0.0565. The third-order valence-electron chi connectivity index (χ3n) is 5.15. The number of hydrogen-bond donors (Lipinski definition) is 1. The van der Waals surface area contributed by atoms with Gasteiger partial charge in [-0.05, 0) is 70.8 Å². The van der Waals surface area contributed by atoms with Gasteiger partial charge in [0.25, 0.3) is 0 Å². The summed E-state index contributed by atoms with van der Waals surface area (Å²) in [5, 5.41) is 10.4. The van der Waals surface area contributed by atoms with Gasteiger partial charge in [0.2, 0.25) is 0 Å². The third kappa shape index (κ3) is 5.16. The van der Waals surface area contributed by atoms with Gasteiger partial charge in [-0.25, -0.2) is 9.79 Å². The minimum atomic E-state index is -0.302. The van der Waals surface area contributed by atoms with E-state index in [2.05, 4.69) is 56.7 Å². The zero-order valence-corrected chi connectivity index (χ0v) is 20.2. The molecule has 2 heterocycles. The number of hydrogen-bond acceptors (Lipinski definition) is 6. The maximum absolute atomic E-state index is 12.7. The molecule has 0 unspecified atom stereocenters. The second-order valence-corrected chi connectivity index (χ2v) is 9.57. The van der Waals surface area contributed by atoms with Crippen LogP contribution in [-0.4, -0.2) is 35.3 Å². The van der Waals surface area contributed by atoms with Gasteiger partial charge in [-0.3, -0.25) is 4.90 Å². The smallest absolute Gasteiger partial charge is 0.341 e. The van der Waals surface area contributed by atoms with Crippen LogP contribution in [0.5, 0.6) is 5.75 Å². The number of fused-ring (bicyclic) bond motifs is 1. The summed E-state index contributed by atoms with van der Waals surface area (Å²) in [6.07, 6.45) is 2.54. The average molecular weight is 546 g/mol. The van der Waals surface area contributed by atoms with Gasteiger partial charge >= 0.3 is 5.97 Å². The number of esters is 1. The Morgan fingerprint density at radius 1 is 1.29 bits per heavy atom. The molecule has 0 spiro atoms. The van der Waals surface area contributed by atoms with E-state index in [0.29, 0.717) is 17.2 Å². The van der Waals surface area contributed by atoms with E-state index in [-0.39, 0.29) is 11.7 Å². The molecule has 0 fully saturated rings. The topological polar surface area (TPSA) is 62.1 Å². The average Bonchev–Trinajstić information content (AvgIpc) is 3.13. The van der Waals surface area contributed by atoms with Crippen molar-refractivity contribution >= 4 is 51.1 Å². The molecule has 1 N–H and O–H groups in total. The molecule has 1 aliphatic rings. The predicted molar refractivity (Wildman–Crippen MR) is 133 cm³/mol. The number of ether oxygens (including phenoxy) is 1. The summed E-state index contributed by atoms with van der Waals surface area (Å²) in [6, 6.07) is 15.8. The Hall–Kier alpha value is -2.23. The fraction of sp³-hybridized carbons (Fsp3) is 0.250. The summed E-state index contributed by atoms with van der Waals surface area (Å²) in [5.41, 5.74) is 3.83. The molecule has 7 heteroatoms. The number of benzene rings is 2. The number of nitrogens with zero attached hydrogens (tertiary/aromatic N) is 2. The SMILES string of the molecule is CCOC(=O)c1c(N=Cc2ccc(O)c(I)c2)sc2c1CCN(Cc1ccccc1)C2. The highest BCUT2D eigenvalue weighted by Gasteiger charge is 2.28. The number of rotatable bonds is 6. The predicted octanol–water partition coefficient (Wildman–Crippen LogP) is 5.54. The lowest BCUT2D eigenvalue weighted by molar-refractivity contribution is 0.0526. The largest absolute Gasteiger partial charge is 0.507 e. The first kappa shape index (κ1) is 22.0. The lowest BCUT2D eigenvalue weighted by atomic mass is 10.0. The molecule has 0 atom stereocenters. The Labute approximate surface area is 199 Å². The van der Waals surface area contributed by atoms with Gasteiger partial charge < -0.3 is 9.84 Å². The van der Waals surface area contributed by atoms with Gasteiger partial charge in [-0.15, -0.1) is 11.3 Å². The van der Waals surface area contributed by atoms with E-state index in [4.69, 9.17) is 4.74 Å². The van der Waals surface area contributed by atoms with Crippen LogP contribution in [0.3, 0.4) is 0 Å². The van der Waals surface area contributed by atoms with E-state index in [1.807, 2.05) is 19.1 Å². The monoisotopic (exact) mass is 546 g/mol. The van der Waals surface area contributed by atoms with Crippen molar-refractivity contribution in [1.29, 1.82) is 0 Å². The Morgan fingerprint density at radius 3 is 2.84 bits per heavy atom. The molecule has 5 nitrogen and oxygen atoms in total. The fourth-order valence-corrected chi connectivity index (χ4v) is 5.42. The number of phenols is 1. The van der Waals surface area contributed by atoms with Crippen molar-refractivity contribution in [2.24, 2.45) is 4.99 Å². The molecule has 160 valence electrons. The van der Waals surface area contributed by atoms with E-state index in [1.165, 1.54) is 10.4 Å². The molecule has 1 aromatic heterocycles. The summed E-state index contributed by atoms with van der Waals surface area (Å²) in [4.78, 5) is 21.0. The van der Waals surface area contributed by atoms with E-state index in [9.17, 15) is 9.90 Å².